The normalized spacial score (nSPS) is 17.2. The van der Waals surface area contributed by atoms with Crippen LogP contribution >= 0.6 is 0 Å². The maximum absolute atomic E-state index is 13.4. The van der Waals surface area contributed by atoms with Crippen molar-refractivity contribution in [3.05, 3.63) is 84.1 Å². The van der Waals surface area contributed by atoms with Gasteiger partial charge in [0.15, 0.2) is 0 Å². The van der Waals surface area contributed by atoms with E-state index in [1.807, 2.05) is 24.3 Å². The van der Waals surface area contributed by atoms with Gasteiger partial charge >= 0.3 is 0 Å². The molecule has 0 radical (unpaired) electrons. The Bertz CT molecular complexity index is 899. The van der Waals surface area contributed by atoms with Gasteiger partial charge in [-0.1, -0.05) is 12.1 Å². The molecule has 1 aromatic carbocycles. The van der Waals surface area contributed by atoms with Crippen LogP contribution in [-0.4, -0.2) is 46.3 Å². The number of pyridine rings is 2. The van der Waals surface area contributed by atoms with Crippen LogP contribution in [-0.2, 0) is 4.74 Å². The van der Waals surface area contributed by atoms with Gasteiger partial charge in [-0.05, 0) is 42.0 Å². The second-order valence-corrected chi connectivity index (χ2v) is 6.77. The molecule has 1 fully saturated rings. The van der Waals surface area contributed by atoms with E-state index in [4.69, 9.17) is 4.74 Å². The number of hydrogen-bond donors (Lipinski definition) is 1. The van der Waals surface area contributed by atoms with Gasteiger partial charge in [-0.15, -0.1) is 0 Å². The molecule has 5 nitrogen and oxygen atoms in total. The Hall–Kier alpha value is -2.67. The zero-order valence-corrected chi connectivity index (χ0v) is 15.4. The zero-order valence-electron chi connectivity index (χ0n) is 15.4. The summed E-state index contributed by atoms with van der Waals surface area (Å²) < 4.78 is 18.8. The lowest BCUT2D eigenvalue weighted by molar-refractivity contribution is -0.0238. The van der Waals surface area contributed by atoms with E-state index in [0.717, 1.165) is 24.2 Å². The number of aliphatic hydroxyl groups excluding tert-OH is 1. The Kier molecular flexibility index (Phi) is 5.71. The number of halogens is 1. The number of ether oxygens (including phenoxy) is 1. The van der Waals surface area contributed by atoms with Crippen LogP contribution in [0.2, 0.25) is 0 Å². The number of benzene rings is 1. The molecular formula is C22H22FN3O2. The molecule has 6 heteroatoms. The van der Waals surface area contributed by atoms with E-state index in [2.05, 4.69) is 14.9 Å². The maximum Gasteiger partial charge on any atom is 0.123 e. The third-order valence-electron chi connectivity index (χ3n) is 5.04. The van der Waals surface area contributed by atoms with Crippen LogP contribution in [0.5, 0.6) is 0 Å². The first-order valence-electron chi connectivity index (χ1n) is 9.34. The van der Waals surface area contributed by atoms with Gasteiger partial charge in [-0.25, -0.2) is 4.39 Å². The zero-order chi connectivity index (χ0) is 19.3. The second-order valence-electron chi connectivity index (χ2n) is 6.77. The van der Waals surface area contributed by atoms with Gasteiger partial charge < -0.3 is 9.84 Å². The van der Waals surface area contributed by atoms with Crippen LogP contribution in [0, 0.1) is 5.82 Å². The van der Waals surface area contributed by atoms with Gasteiger partial charge in [0.05, 0.1) is 24.9 Å². The molecule has 2 aromatic heterocycles. The van der Waals surface area contributed by atoms with E-state index in [-0.39, 0.29) is 11.9 Å². The molecule has 3 heterocycles. The number of hydrogen-bond acceptors (Lipinski definition) is 5. The monoisotopic (exact) mass is 379 g/mol. The summed E-state index contributed by atoms with van der Waals surface area (Å²) in [6, 6.07) is 13.4. The highest BCUT2D eigenvalue weighted by Gasteiger charge is 2.32. The van der Waals surface area contributed by atoms with Crippen LogP contribution in [0.4, 0.5) is 4.39 Å². The number of aliphatic hydroxyl groups is 1. The molecule has 0 unspecified atom stereocenters. The predicted molar refractivity (Wildman–Crippen MR) is 104 cm³/mol. The average molecular weight is 379 g/mol. The minimum atomic E-state index is -0.823. The van der Waals surface area contributed by atoms with Crippen LogP contribution in [0.15, 0.2) is 67.1 Å². The van der Waals surface area contributed by atoms with Gasteiger partial charge in [0.1, 0.15) is 11.9 Å². The SMILES string of the molecule is O[C@H](c1cccnc1-c1ccc(F)cc1)[C@H](c1cccnc1)N1CCOCC1. The maximum atomic E-state index is 13.4. The largest absolute Gasteiger partial charge is 0.386 e. The molecule has 0 saturated carbocycles. The molecule has 2 atom stereocenters. The van der Waals surface area contributed by atoms with Crippen LogP contribution in [0.3, 0.4) is 0 Å². The third-order valence-corrected chi connectivity index (χ3v) is 5.04. The van der Waals surface area contributed by atoms with Crippen LogP contribution in [0.25, 0.3) is 11.3 Å². The summed E-state index contributed by atoms with van der Waals surface area (Å²) in [5, 5.41) is 11.5. The molecular weight excluding hydrogens is 357 g/mol. The molecule has 0 bridgehead atoms. The van der Waals surface area contributed by atoms with Crippen molar-refractivity contribution in [2.75, 3.05) is 26.3 Å². The summed E-state index contributed by atoms with van der Waals surface area (Å²) in [7, 11) is 0. The van der Waals surface area contributed by atoms with Crippen LogP contribution in [0.1, 0.15) is 23.3 Å². The first kappa shape index (κ1) is 18.7. The molecule has 28 heavy (non-hydrogen) atoms. The van der Waals surface area contributed by atoms with Gasteiger partial charge in [0.25, 0.3) is 0 Å². The fourth-order valence-electron chi connectivity index (χ4n) is 3.67. The van der Waals surface area contributed by atoms with Crippen molar-refractivity contribution in [2.24, 2.45) is 0 Å². The van der Waals surface area contributed by atoms with Crippen molar-refractivity contribution in [1.82, 2.24) is 14.9 Å². The lowest BCUT2D eigenvalue weighted by Gasteiger charge is -2.37. The first-order chi connectivity index (χ1) is 13.7. The van der Waals surface area contributed by atoms with E-state index in [1.165, 1.54) is 12.1 Å². The van der Waals surface area contributed by atoms with Crippen molar-refractivity contribution in [3.8, 4) is 11.3 Å². The van der Waals surface area contributed by atoms with Gasteiger partial charge in [-0.2, -0.15) is 0 Å². The summed E-state index contributed by atoms with van der Waals surface area (Å²) in [6.45, 7) is 2.70. The number of nitrogens with zero attached hydrogens (tertiary/aromatic N) is 3. The van der Waals surface area contributed by atoms with E-state index in [9.17, 15) is 9.50 Å². The molecule has 1 aliphatic rings. The average Bonchev–Trinajstić information content (AvgIpc) is 2.76. The Morgan fingerprint density at radius 1 is 1.00 bits per heavy atom. The number of aromatic nitrogens is 2. The quantitative estimate of drug-likeness (QED) is 0.736. The highest BCUT2D eigenvalue weighted by atomic mass is 19.1. The Balaban J connectivity index is 1.75. The fourth-order valence-corrected chi connectivity index (χ4v) is 3.67. The van der Waals surface area contributed by atoms with Gasteiger partial charge in [0, 0.05) is 42.8 Å². The lowest BCUT2D eigenvalue weighted by Crippen LogP contribution is -2.41. The summed E-state index contributed by atoms with van der Waals surface area (Å²) in [5.74, 6) is -0.302. The topological polar surface area (TPSA) is 58.5 Å². The minimum Gasteiger partial charge on any atom is -0.386 e. The molecule has 1 saturated heterocycles. The Morgan fingerprint density at radius 2 is 1.75 bits per heavy atom. The van der Waals surface area contributed by atoms with E-state index >= 15 is 0 Å². The molecule has 144 valence electrons. The molecule has 0 spiro atoms. The minimum absolute atomic E-state index is 0.277. The fraction of sp³-hybridized carbons (Fsp3) is 0.273. The molecule has 3 aromatic rings. The van der Waals surface area contributed by atoms with E-state index < -0.39 is 6.10 Å². The lowest BCUT2D eigenvalue weighted by atomic mass is 9.92. The van der Waals surface area contributed by atoms with Crippen molar-refractivity contribution in [1.29, 1.82) is 0 Å². The van der Waals surface area contributed by atoms with Crippen molar-refractivity contribution in [2.45, 2.75) is 12.1 Å². The highest BCUT2D eigenvalue weighted by Crippen LogP contribution is 2.37. The second kappa shape index (κ2) is 8.56. The van der Waals surface area contributed by atoms with Crippen molar-refractivity contribution >= 4 is 0 Å². The van der Waals surface area contributed by atoms with E-state index in [0.29, 0.717) is 24.5 Å². The highest BCUT2D eigenvalue weighted by molar-refractivity contribution is 5.63. The third kappa shape index (κ3) is 3.94. The summed E-state index contributed by atoms with van der Waals surface area (Å²) in [4.78, 5) is 10.9. The van der Waals surface area contributed by atoms with E-state index in [1.54, 1.807) is 30.7 Å². The van der Waals surface area contributed by atoms with Gasteiger partial charge in [0.2, 0.25) is 0 Å². The standard InChI is InChI=1S/C22H22FN3O2/c23-18-7-5-16(6-8-18)20-19(4-2-10-25-20)22(27)21(17-3-1-9-24-15-17)26-11-13-28-14-12-26/h1-10,15,21-22,27H,11-14H2/t21-,22+/m0/s1. The van der Waals surface area contributed by atoms with Crippen LogP contribution < -0.4 is 0 Å². The molecule has 0 aliphatic carbocycles. The summed E-state index contributed by atoms with van der Waals surface area (Å²) in [6.07, 6.45) is 4.37. The summed E-state index contributed by atoms with van der Waals surface area (Å²) in [5.41, 5.74) is 3.06. The molecule has 4 rings (SSSR count). The molecule has 1 N–H and O–H groups in total. The molecule has 1 aliphatic heterocycles. The molecule has 0 amide bonds. The first-order valence-corrected chi connectivity index (χ1v) is 9.34. The predicted octanol–water partition coefficient (Wildman–Crippen LogP) is 3.39. The van der Waals surface area contributed by atoms with Gasteiger partial charge in [-0.3, -0.25) is 14.9 Å². The smallest absolute Gasteiger partial charge is 0.123 e. The van der Waals surface area contributed by atoms with Crippen molar-refractivity contribution < 1.29 is 14.2 Å². The number of morpholine rings is 1. The number of rotatable bonds is 5. The summed E-state index contributed by atoms with van der Waals surface area (Å²) >= 11 is 0. The Labute approximate surface area is 163 Å². The Morgan fingerprint density at radius 3 is 2.46 bits per heavy atom. The van der Waals surface area contributed by atoms with Crippen molar-refractivity contribution in [3.63, 3.8) is 0 Å².